The predicted octanol–water partition coefficient (Wildman–Crippen LogP) is 6.12. The first-order valence-corrected chi connectivity index (χ1v) is 19.5. The molecule has 1 heterocycles. The first-order valence-electron chi connectivity index (χ1n) is 19.5. The summed E-state index contributed by atoms with van der Waals surface area (Å²) in [7, 11) is 1.10. The van der Waals surface area contributed by atoms with Crippen molar-refractivity contribution >= 4 is 35.9 Å². The fourth-order valence-electron chi connectivity index (χ4n) is 6.31. The van der Waals surface area contributed by atoms with E-state index in [0.29, 0.717) is 5.56 Å². The van der Waals surface area contributed by atoms with Gasteiger partial charge < -0.3 is 43.2 Å². The fourth-order valence-corrected chi connectivity index (χ4v) is 6.31. The molecule has 320 valence electrons. The Balaban J connectivity index is 1.38. The first kappa shape index (κ1) is 44.2. The van der Waals surface area contributed by atoms with E-state index in [1.54, 1.807) is 103 Å². The summed E-state index contributed by atoms with van der Waals surface area (Å²) in [4.78, 5) is 81.2. The van der Waals surface area contributed by atoms with E-state index in [2.05, 4.69) is 5.32 Å². The van der Waals surface area contributed by atoms with E-state index in [0.717, 1.165) is 7.11 Å². The van der Waals surface area contributed by atoms with Gasteiger partial charge in [0.15, 0.2) is 30.6 Å². The summed E-state index contributed by atoms with van der Waals surface area (Å²) in [5, 5.41) is 2.45. The van der Waals surface area contributed by atoms with E-state index >= 15 is 0 Å². The van der Waals surface area contributed by atoms with Crippen molar-refractivity contribution in [2.75, 3.05) is 13.7 Å². The van der Waals surface area contributed by atoms with E-state index in [4.69, 9.17) is 37.9 Å². The number of esters is 5. The summed E-state index contributed by atoms with van der Waals surface area (Å²) in [5.41, 5.74) is 1.14. The van der Waals surface area contributed by atoms with Gasteiger partial charge >= 0.3 is 35.9 Å². The zero-order valence-electron chi connectivity index (χ0n) is 33.6. The highest BCUT2D eigenvalue weighted by molar-refractivity contribution is 5.91. The van der Waals surface area contributed by atoms with Crippen molar-refractivity contribution in [3.05, 3.63) is 179 Å². The second-order valence-corrected chi connectivity index (χ2v) is 13.8. The quantitative estimate of drug-likeness (QED) is 0.0884. The third kappa shape index (κ3) is 11.9. The molecule has 6 rings (SSSR count). The maximum Gasteiger partial charge on any atom is 0.408 e. The molecule has 7 atom stereocenters. The van der Waals surface area contributed by atoms with Crippen molar-refractivity contribution in [3.63, 3.8) is 0 Å². The summed E-state index contributed by atoms with van der Waals surface area (Å²) in [5.74, 6) is -4.44. The van der Waals surface area contributed by atoms with Crippen LogP contribution in [0.25, 0.3) is 0 Å². The molecule has 62 heavy (non-hydrogen) atoms. The topological polar surface area (TPSA) is 188 Å². The SMILES string of the molecule is COC(=O)[C@@H](NC(=O)OCc1ccccc1)[C@@H](C)O[C@@H]1O[C@H](COC(=O)c2ccccc2)[C@H](OC(=O)c2ccccc2)[C@H](OC(=O)c2ccccc2)[C@H]1OC(=O)c1ccccc1. The third-order valence-electron chi connectivity index (χ3n) is 9.50. The summed E-state index contributed by atoms with van der Waals surface area (Å²) in [6.45, 7) is 0.660. The van der Waals surface area contributed by atoms with Crippen LogP contribution in [0.15, 0.2) is 152 Å². The molecule has 1 fully saturated rings. The van der Waals surface area contributed by atoms with Crippen LogP contribution in [0.1, 0.15) is 53.9 Å². The number of carbonyl (C=O) groups is 6. The van der Waals surface area contributed by atoms with Crippen molar-refractivity contribution in [1.82, 2.24) is 5.32 Å². The molecule has 1 amide bonds. The second kappa shape index (κ2) is 21.8. The van der Waals surface area contributed by atoms with Gasteiger partial charge in [-0.3, -0.25) is 0 Å². The minimum atomic E-state index is -1.77. The molecule has 0 saturated carbocycles. The molecule has 0 aliphatic carbocycles. The van der Waals surface area contributed by atoms with Gasteiger partial charge in [0.2, 0.25) is 0 Å². The van der Waals surface area contributed by atoms with Gasteiger partial charge in [0.1, 0.15) is 19.3 Å². The number of nitrogens with one attached hydrogen (secondary N) is 1. The lowest BCUT2D eigenvalue weighted by atomic mass is 9.97. The molecule has 0 aromatic heterocycles. The van der Waals surface area contributed by atoms with Crippen LogP contribution >= 0.6 is 0 Å². The molecule has 5 aromatic rings. The Morgan fingerprint density at radius 3 is 1.44 bits per heavy atom. The number of carbonyl (C=O) groups excluding carboxylic acids is 6. The number of methoxy groups -OCH3 is 1. The minimum absolute atomic E-state index is 0.0828. The summed E-state index contributed by atoms with van der Waals surface area (Å²) >= 11 is 0. The van der Waals surface area contributed by atoms with Gasteiger partial charge in [0.05, 0.1) is 35.5 Å². The summed E-state index contributed by atoms with van der Waals surface area (Å²) in [6, 6.07) is 38.9. The molecular weight excluding hydrogens is 803 g/mol. The van der Waals surface area contributed by atoms with E-state index < -0.39 is 85.4 Å². The highest BCUT2D eigenvalue weighted by Crippen LogP contribution is 2.33. The van der Waals surface area contributed by atoms with E-state index in [1.165, 1.54) is 55.5 Å². The maximum atomic E-state index is 13.9. The molecule has 0 radical (unpaired) electrons. The van der Waals surface area contributed by atoms with Gasteiger partial charge in [-0.05, 0) is 61.0 Å². The van der Waals surface area contributed by atoms with Crippen LogP contribution in [0.5, 0.6) is 0 Å². The van der Waals surface area contributed by atoms with Gasteiger partial charge in [-0.2, -0.15) is 0 Å². The Hall–Kier alpha value is -7.36. The molecule has 0 bridgehead atoms. The monoisotopic (exact) mass is 845 g/mol. The van der Waals surface area contributed by atoms with Crippen molar-refractivity contribution in [2.24, 2.45) is 0 Å². The number of rotatable bonds is 16. The summed E-state index contributed by atoms with van der Waals surface area (Å²) in [6.07, 6.45) is -10.7. The Bertz CT molecular complexity index is 2260. The normalized spacial score (nSPS) is 19.0. The molecule has 15 nitrogen and oxygen atoms in total. The van der Waals surface area contributed by atoms with Crippen LogP contribution in [0.3, 0.4) is 0 Å². The average Bonchev–Trinajstić information content (AvgIpc) is 3.32. The summed E-state index contributed by atoms with van der Waals surface area (Å²) < 4.78 is 46.9. The molecule has 0 spiro atoms. The highest BCUT2D eigenvalue weighted by atomic mass is 16.7. The van der Waals surface area contributed by atoms with Gasteiger partial charge in [-0.25, -0.2) is 28.8 Å². The van der Waals surface area contributed by atoms with Crippen molar-refractivity contribution in [2.45, 2.75) is 56.4 Å². The van der Waals surface area contributed by atoms with Crippen LogP contribution in [-0.2, 0) is 49.3 Å². The van der Waals surface area contributed by atoms with Crippen molar-refractivity contribution in [3.8, 4) is 0 Å². The van der Waals surface area contributed by atoms with E-state index in [1.807, 2.05) is 0 Å². The van der Waals surface area contributed by atoms with Crippen LogP contribution in [0.4, 0.5) is 4.79 Å². The Kier molecular flexibility index (Phi) is 15.5. The molecule has 15 heteroatoms. The van der Waals surface area contributed by atoms with E-state index in [9.17, 15) is 28.8 Å². The van der Waals surface area contributed by atoms with Gasteiger partial charge in [-0.15, -0.1) is 0 Å². The number of hydrogen-bond acceptors (Lipinski definition) is 14. The van der Waals surface area contributed by atoms with E-state index in [-0.39, 0.29) is 28.9 Å². The number of amides is 1. The fraction of sp³-hybridized carbons (Fsp3) is 0.234. The largest absolute Gasteiger partial charge is 0.467 e. The van der Waals surface area contributed by atoms with Crippen molar-refractivity contribution < 1.29 is 66.7 Å². The average molecular weight is 846 g/mol. The highest BCUT2D eigenvalue weighted by Gasteiger charge is 2.54. The zero-order chi connectivity index (χ0) is 43.8. The second-order valence-electron chi connectivity index (χ2n) is 13.8. The Morgan fingerprint density at radius 2 is 0.968 bits per heavy atom. The van der Waals surface area contributed by atoms with Crippen LogP contribution in [-0.4, -0.2) is 92.5 Å². The standard InChI is InChI=1S/C47H43NO14/c1-30(37(45(53)55-2)48-47(54)57-28-31-18-8-3-9-19-31)58-46-40(62-44(52)35-26-16-7-17-27-35)39(61-43(51)34-24-14-6-15-25-34)38(60-42(50)33-22-12-5-13-23-33)36(59-46)29-56-41(49)32-20-10-4-11-21-32/h3-27,30,36-40,46H,28-29H2,1-2H3,(H,48,54)/t30-,36-,37+,38+,39+,40-,46-/m1/s1. The molecule has 0 unspecified atom stereocenters. The Morgan fingerprint density at radius 1 is 0.548 bits per heavy atom. The number of ether oxygens (including phenoxy) is 8. The lowest BCUT2D eigenvalue weighted by Crippen LogP contribution is -2.64. The smallest absolute Gasteiger partial charge is 0.408 e. The first-order chi connectivity index (χ1) is 30.1. The van der Waals surface area contributed by atoms with Crippen LogP contribution in [0.2, 0.25) is 0 Å². The lowest BCUT2D eigenvalue weighted by molar-refractivity contribution is -0.308. The number of benzene rings is 5. The van der Waals surface area contributed by atoms with Gasteiger partial charge in [0.25, 0.3) is 0 Å². The van der Waals surface area contributed by atoms with Crippen molar-refractivity contribution in [1.29, 1.82) is 0 Å². The predicted molar refractivity (Wildman–Crippen MR) is 218 cm³/mol. The zero-order valence-corrected chi connectivity index (χ0v) is 33.6. The third-order valence-corrected chi connectivity index (χ3v) is 9.50. The molecule has 1 aliphatic rings. The molecule has 1 aliphatic heterocycles. The maximum absolute atomic E-state index is 13.9. The molecule has 1 saturated heterocycles. The number of alkyl carbamates (subject to hydrolysis) is 1. The molecule has 1 N–H and O–H groups in total. The van der Waals surface area contributed by atoms with Gasteiger partial charge in [-0.1, -0.05) is 103 Å². The minimum Gasteiger partial charge on any atom is -0.467 e. The van der Waals surface area contributed by atoms with Gasteiger partial charge in [0, 0.05) is 0 Å². The molecular formula is C47H43NO14. The number of hydrogen-bond donors (Lipinski definition) is 1. The lowest BCUT2D eigenvalue weighted by Gasteiger charge is -2.45. The van der Waals surface area contributed by atoms with Crippen LogP contribution < -0.4 is 5.32 Å². The molecule has 5 aromatic carbocycles. The Labute approximate surface area is 356 Å². The van der Waals surface area contributed by atoms with Crippen LogP contribution in [0, 0.1) is 0 Å².